The average Bonchev–Trinajstić information content (AvgIpc) is 2.96. The van der Waals surface area contributed by atoms with Gasteiger partial charge in [-0.2, -0.15) is 4.31 Å². The van der Waals surface area contributed by atoms with E-state index in [1.807, 2.05) is 0 Å². The first-order valence-electron chi connectivity index (χ1n) is 8.39. The summed E-state index contributed by atoms with van der Waals surface area (Å²) < 4.78 is 45.0. The van der Waals surface area contributed by atoms with E-state index in [-0.39, 0.29) is 34.8 Å². The number of nitrogens with zero attached hydrogens (tertiary/aromatic N) is 2. The fraction of sp³-hybridized carbons (Fsp3) is 0.412. The summed E-state index contributed by atoms with van der Waals surface area (Å²) in [5, 5.41) is 6.35. The molecule has 0 radical (unpaired) electrons. The smallest absolute Gasteiger partial charge is 0.243 e. The molecule has 1 saturated heterocycles. The highest BCUT2D eigenvalue weighted by molar-refractivity contribution is 7.89. The van der Waals surface area contributed by atoms with E-state index in [0.29, 0.717) is 30.0 Å². The Morgan fingerprint density at radius 3 is 2.56 bits per heavy atom. The number of hydrogen-bond acceptors (Lipinski definition) is 5. The van der Waals surface area contributed by atoms with Crippen molar-refractivity contribution in [3.05, 3.63) is 40.5 Å². The molecule has 2 heterocycles. The quantitative estimate of drug-likeness (QED) is 0.828. The van der Waals surface area contributed by atoms with E-state index >= 15 is 0 Å². The molecule has 0 atom stereocenters. The predicted molar refractivity (Wildman–Crippen MR) is 97.5 cm³/mol. The third kappa shape index (κ3) is 3.99. The summed E-state index contributed by atoms with van der Waals surface area (Å²) in [6.45, 7) is 3.82. The topological polar surface area (TPSA) is 92.5 Å². The molecule has 1 fully saturated rings. The van der Waals surface area contributed by atoms with Crippen molar-refractivity contribution in [1.29, 1.82) is 0 Å². The van der Waals surface area contributed by atoms with Gasteiger partial charge >= 0.3 is 0 Å². The first-order valence-corrected chi connectivity index (χ1v) is 10.2. The Balaban J connectivity index is 1.66. The van der Waals surface area contributed by atoms with Crippen LogP contribution in [0.5, 0.6) is 0 Å². The van der Waals surface area contributed by atoms with E-state index in [1.54, 1.807) is 13.8 Å². The predicted octanol–water partition coefficient (Wildman–Crippen LogP) is 3.12. The lowest BCUT2D eigenvalue weighted by Crippen LogP contribution is -2.41. The Labute approximate surface area is 161 Å². The summed E-state index contributed by atoms with van der Waals surface area (Å²) in [6, 6.07) is 3.31. The normalized spacial score (nSPS) is 16.4. The standard InChI is InChI=1S/C17H19ClFN3O4S/c1-10-16(11(2)26-21-10)20-17(23)12-5-7-22(8-6-12)27(24,25)13-3-4-15(19)14(18)9-13/h3-4,9,12H,5-8H2,1-2H3,(H,20,23). The van der Waals surface area contributed by atoms with Crippen molar-refractivity contribution in [3.8, 4) is 0 Å². The molecule has 1 aromatic heterocycles. The first kappa shape index (κ1) is 19.8. The van der Waals surface area contributed by atoms with Crippen LogP contribution in [0, 0.1) is 25.6 Å². The van der Waals surface area contributed by atoms with Crippen molar-refractivity contribution in [1.82, 2.24) is 9.46 Å². The van der Waals surface area contributed by atoms with Gasteiger partial charge in [-0.25, -0.2) is 12.8 Å². The number of halogens is 2. The van der Waals surface area contributed by atoms with Crippen LogP contribution in [-0.4, -0.2) is 36.9 Å². The van der Waals surface area contributed by atoms with Crippen molar-refractivity contribution >= 4 is 33.2 Å². The maximum absolute atomic E-state index is 13.3. The molecule has 27 heavy (non-hydrogen) atoms. The van der Waals surface area contributed by atoms with Gasteiger partial charge in [0, 0.05) is 19.0 Å². The Morgan fingerprint density at radius 2 is 2.00 bits per heavy atom. The number of aryl methyl sites for hydroxylation is 2. The van der Waals surface area contributed by atoms with Gasteiger partial charge < -0.3 is 9.84 Å². The van der Waals surface area contributed by atoms with Crippen LogP contribution in [0.15, 0.2) is 27.6 Å². The Morgan fingerprint density at radius 1 is 1.33 bits per heavy atom. The third-order valence-electron chi connectivity index (χ3n) is 4.64. The Hall–Kier alpha value is -1.97. The number of carbonyl (C=O) groups excluding carboxylic acids is 1. The molecule has 0 aliphatic carbocycles. The molecule has 1 amide bonds. The first-order chi connectivity index (χ1) is 12.7. The lowest BCUT2D eigenvalue weighted by Gasteiger charge is -2.30. The molecular weight excluding hydrogens is 397 g/mol. The van der Waals surface area contributed by atoms with Gasteiger partial charge in [-0.05, 0) is 44.9 Å². The number of carbonyl (C=O) groups is 1. The Kier molecular flexibility index (Phi) is 5.55. The molecular formula is C17H19ClFN3O4S. The molecule has 7 nitrogen and oxygen atoms in total. The van der Waals surface area contributed by atoms with Gasteiger partial charge in [0.2, 0.25) is 15.9 Å². The van der Waals surface area contributed by atoms with Crippen LogP contribution >= 0.6 is 11.6 Å². The lowest BCUT2D eigenvalue weighted by molar-refractivity contribution is -0.120. The highest BCUT2D eigenvalue weighted by Gasteiger charge is 2.33. The number of nitrogens with one attached hydrogen (secondary N) is 1. The minimum Gasteiger partial charge on any atom is -0.359 e. The van der Waals surface area contributed by atoms with Gasteiger partial charge in [0.15, 0.2) is 5.76 Å². The van der Waals surface area contributed by atoms with Crippen molar-refractivity contribution in [2.24, 2.45) is 5.92 Å². The molecule has 1 aliphatic heterocycles. The highest BCUT2D eigenvalue weighted by Crippen LogP contribution is 2.28. The molecule has 3 rings (SSSR count). The number of aromatic nitrogens is 1. The highest BCUT2D eigenvalue weighted by atomic mass is 35.5. The molecule has 0 saturated carbocycles. The molecule has 1 aliphatic rings. The molecule has 10 heteroatoms. The average molecular weight is 416 g/mol. The number of piperidine rings is 1. The largest absolute Gasteiger partial charge is 0.359 e. The van der Waals surface area contributed by atoms with Crippen molar-refractivity contribution in [2.75, 3.05) is 18.4 Å². The molecule has 1 aromatic carbocycles. The fourth-order valence-electron chi connectivity index (χ4n) is 3.03. The van der Waals surface area contributed by atoms with E-state index in [4.69, 9.17) is 16.1 Å². The second-order valence-electron chi connectivity index (χ2n) is 6.44. The summed E-state index contributed by atoms with van der Waals surface area (Å²) in [5.74, 6) is -0.660. The zero-order chi connectivity index (χ0) is 19.8. The van der Waals surface area contributed by atoms with Crippen LogP contribution < -0.4 is 5.32 Å². The van der Waals surface area contributed by atoms with Crippen molar-refractivity contribution in [2.45, 2.75) is 31.6 Å². The second kappa shape index (κ2) is 7.57. The van der Waals surface area contributed by atoms with Crippen molar-refractivity contribution in [3.63, 3.8) is 0 Å². The SMILES string of the molecule is Cc1noc(C)c1NC(=O)C1CCN(S(=O)(=O)c2ccc(F)c(Cl)c2)CC1. The van der Waals surface area contributed by atoms with E-state index in [9.17, 15) is 17.6 Å². The summed E-state index contributed by atoms with van der Waals surface area (Å²) in [7, 11) is -3.79. The minimum absolute atomic E-state index is 0.0625. The van der Waals surface area contributed by atoms with Crippen LogP contribution in [0.3, 0.4) is 0 Å². The van der Waals surface area contributed by atoms with Crippen LogP contribution in [0.2, 0.25) is 5.02 Å². The summed E-state index contributed by atoms with van der Waals surface area (Å²) in [5.41, 5.74) is 1.14. The van der Waals surface area contributed by atoms with Gasteiger partial charge in [-0.3, -0.25) is 4.79 Å². The van der Waals surface area contributed by atoms with Gasteiger partial charge in [0.1, 0.15) is 17.2 Å². The third-order valence-corrected chi connectivity index (χ3v) is 6.82. The van der Waals surface area contributed by atoms with Crippen LogP contribution in [-0.2, 0) is 14.8 Å². The minimum atomic E-state index is -3.79. The molecule has 0 unspecified atom stereocenters. The molecule has 0 bridgehead atoms. The van der Waals surface area contributed by atoms with E-state index in [1.165, 1.54) is 10.4 Å². The number of sulfonamides is 1. The summed E-state index contributed by atoms with van der Waals surface area (Å²) in [4.78, 5) is 12.4. The maximum atomic E-state index is 13.3. The van der Waals surface area contributed by atoms with Gasteiger partial charge in [-0.1, -0.05) is 16.8 Å². The van der Waals surface area contributed by atoms with Gasteiger partial charge in [0.25, 0.3) is 0 Å². The Bertz CT molecular complexity index is 949. The van der Waals surface area contributed by atoms with Crippen LogP contribution in [0.4, 0.5) is 10.1 Å². The fourth-order valence-corrected chi connectivity index (χ4v) is 4.77. The zero-order valence-electron chi connectivity index (χ0n) is 14.8. The molecule has 1 N–H and O–H groups in total. The number of rotatable bonds is 4. The maximum Gasteiger partial charge on any atom is 0.243 e. The molecule has 0 spiro atoms. The van der Waals surface area contributed by atoms with Crippen molar-refractivity contribution < 1.29 is 22.1 Å². The number of hydrogen-bond donors (Lipinski definition) is 1. The monoisotopic (exact) mass is 415 g/mol. The summed E-state index contributed by atoms with van der Waals surface area (Å²) in [6.07, 6.45) is 0.757. The van der Waals surface area contributed by atoms with E-state index in [2.05, 4.69) is 10.5 Å². The number of benzene rings is 1. The van der Waals surface area contributed by atoms with Gasteiger partial charge in [0.05, 0.1) is 9.92 Å². The second-order valence-corrected chi connectivity index (χ2v) is 8.79. The number of amides is 1. The zero-order valence-corrected chi connectivity index (χ0v) is 16.4. The van der Waals surface area contributed by atoms with Gasteiger partial charge in [-0.15, -0.1) is 0 Å². The number of anilines is 1. The summed E-state index contributed by atoms with van der Waals surface area (Å²) >= 11 is 5.69. The van der Waals surface area contributed by atoms with Crippen LogP contribution in [0.1, 0.15) is 24.3 Å². The van der Waals surface area contributed by atoms with E-state index < -0.39 is 15.8 Å². The molecule has 146 valence electrons. The lowest BCUT2D eigenvalue weighted by atomic mass is 9.97. The van der Waals surface area contributed by atoms with E-state index in [0.717, 1.165) is 12.1 Å². The van der Waals surface area contributed by atoms with Crippen LogP contribution in [0.25, 0.3) is 0 Å². The molecule has 2 aromatic rings.